The number of hydrogen-bond donors (Lipinski definition) is 1. The average Bonchev–Trinajstić information content (AvgIpc) is 2.67. The number of nitrogens with one attached hydrogen (secondary N) is 1. The van der Waals surface area contributed by atoms with Crippen molar-refractivity contribution in [1.82, 2.24) is 0 Å². The molecule has 0 saturated carbocycles. The number of aromatic nitrogens is 1. The van der Waals surface area contributed by atoms with Crippen LogP contribution in [0.2, 0.25) is 0 Å². The molecule has 4 nitrogen and oxygen atoms in total. The molecule has 0 atom stereocenters. The standard InChI is InChI=1S/C21H18N2O2/c1-25-21(24)19-14-8-6-10-16-18(14)20(23-12-5-4-11-17(19)23)13-7-2-3-9-15(13)22-16/h2-3,6-10H,4-5,11-12H2,1H3/p+1. The van der Waals surface area contributed by atoms with Gasteiger partial charge in [-0.05, 0) is 24.6 Å². The van der Waals surface area contributed by atoms with E-state index >= 15 is 0 Å². The van der Waals surface area contributed by atoms with Crippen molar-refractivity contribution in [3.8, 4) is 11.3 Å². The molecule has 0 amide bonds. The first-order chi connectivity index (χ1) is 12.3. The zero-order chi connectivity index (χ0) is 17.0. The Labute approximate surface area is 146 Å². The van der Waals surface area contributed by atoms with Crippen LogP contribution in [0.15, 0.2) is 42.5 Å². The molecule has 5 rings (SSSR count). The molecule has 4 heteroatoms. The van der Waals surface area contributed by atoms with Gasteiger partial charge in [0.05, 0.1) is 29.4 Å². The Morgan fingerprint density at radius 2 is 1.92 bits per heavy atom. The van der Waals surface area contributed by atoms with Crippen LogP contribution < -0.4 is 9.88 Å². The number of pyridine rings is 1. The van der Waals surface area contributed by atoms with E-state index in [1.54, 1.807) is 0 Å². The molecule has 0 bridgehead atoms. The molecule has 0 fully saturated rings. The lowest BCUT2D eigenvalue weighted by Crippen LogP contribution is -2.46. The van der Waals surface area contributed by atoms with E-state index in [0.717, 1.165) is 59.2 Å². The highest BCUT2D eigenvalue weighted by molar-refractivity contribution is 6.15. The predicted octanol–water partition coefficient (Wildman–Crippen LogP) is 3.97. The smallest absolute Gasteiger partial charge is 0.344 e. The van der Waals surface area contributed by atoms with Crippen molar-refractivity contribution in [2.45, 2.75) is 25.8 Å². The third-order valence-electron chi connectivity index (χ3n) is 5.34. The van der Waals surface area contributed by atoms with Gasteiger partial charge in [0.25, 0.3) is 0 Å². The average molecular weight is 331 g/mol. The number of esters is 1. The molecule has 1 N–H and O–H groups in total. The van der Waals surface area contributed by atoms with Crippen LogP contribution >= 0.6 is 0 Å². The minimum absolute atomic E-state index is 0.242. The van der Waals surface area contributed by atoms with E-state index in [1.807, 2.05) is 12.1 Å². The Morgan fingerprint density at radius 1 is 1.08 bits per heavy atom. The van der Waals surface area contributed by atoms with E-state index in [2.05, 4.69) is 40.2 Å². The maximum atomic E-state index is 12.6. The third kappa shape index (κ3) is 1.94. The second-order valence-electron chi connectivity index (χ2n) is 6.67. The number of benzene rings is 2. The molecule has 2 aromatic carbocycles. The number of carbonyl (C=O) groups is 1. The van der Waals surface area contributed by atoms with Crippen LogP contribution in [0.1, 0.15) is 28.9 Å². The molecule has 0 saturated heterocycles. The predicted molar refractivity (Wildman–Crippen MR) is 97.1 cm³/mol. The zero-order valence-electron chi connectivity index (χ0n) is 14.1. The molecule has 0 radical (unpaired) electrons. The van der Waals surface area contributed by atoms with Crippen LogP contribution in [0, 0.1) is 0 Å². The van der Waals surface area contributed by atoms with E-state index < -0.39 is 0 Å². The molecule has 0 unspecified atom stereocenters. The fourth-order valence-corrected chi connectivity index (χ4v) is 4.30. The number of para-hydroxylation sites is 1. The van der Waals surface area contributed by atoms with Gasteiger partial charge in [0.15, 0.2) is 5.69 Å². The minimum Gasteiger partial charge on any atom is -0.465 e. The van der Waals surface area contributed by atoms with Crippen LogP contribution in [-0.4, -0.2) is 13.1 Å². The van der Waals surface area contributed by atoms with Crippen LogP contribution in [0.4, 0.5) is 11.4 Å². The number of hydrogen-bond acceptors (Lipinski definition) is 3. The van der Waals surface area contributed by atoms with Crippen molar-refractivity contribution in [3.63, 3.8) is 0 Å². The number of carbonyl (C=O) groups excluding carboxylic acids is 1. The van der Waals surface area contributed by atoms with Crippen LogP contribution in [0.25, 0.3) is 22.0 Å². The summed E-state index contributed by atoms with van der Waals surface area (Å²) in [6, 6.07) is 14.5. The van der Waals surface area contributed by atoms with E-state index in [0.29, 0.717) is 0 Å². The van der Waals surface area contributed by atoms with Gasteiger partial charge in [0, 0.05) is 18.2 Å². The molecule has 25 heavy (non-hydrogen) atoms. The monoisotopic (exact) mass is 331 g/mol. The van der Waals surface area contributed by atoms with Gasteiger partial charge in [-0.3, -0.25) is 0 Å². The number of methoxy groups -OCH3 is 1. The normalized spacial score (nSPS) is 14.4. The van der Waals surface area contributed by atoms with Gasteiger partial charge in [-0.15, -0.1) is 0 Å². The zero-order valence-corrected chi connectivity index (χ0v) is 14.1. The van der Waals surface area contributed by atoms with Crippen molar-refractivity contribution < 1.29 is 14.1 Å². The van der Waals surface area contributed by atoms with Crippen molar-refractivity contribution in [1.29, 1.82) is 0 Å². The number of nitrogens with zero attached hydrogens (tertiary/aromatic N) is 1. The summed E-state index contributed by atoms with van der Waals surface area (Å²) in [4.78, 5) is 12.6. The number of anilines is 2. The largest absolute Gasteiger partial charge is 0.465 e. The van der Waals surface area contributed by atoms with Crippen LogP contribution in [0.5, 0.6) is 0 Å². The highest BCUT2D eigenvalue weighted by Gasteiger charge is 2.36. The first kappa shape index (κ1) is 14.5. The summed E-state index contributed by atoms with van der Waals surface area (Å²) in [5.41, 5.74) is 6.43. The summed E-state index contributed by atoms with van der Waals surface area (Å²) in [6.45, 7) is 0.938. The second kappa shape index (κ2) is 5.31. The lowest BCUT2D eigenvalue weighted by molar-refractivity contribution is -0.697. The third-order valence-corrected chi connectivity index (χ3v) is 5.34. The van der Waals surface area contributed by atoms with Crippen molar-refractivity contribution in [3.05, 3.63) is 53.7 Å². The summed E-state index contributed by atoms with van der Waals surface area (Å²) in [6.07, 6.45) is 3.15. The van der Waals surface area contributed by atoms with Crippen molar-refractivity contribution >= 4 is 28.1 Å². The molecule has 3 heterocycles. The molecule has 124 valence electrons. The summed E-state index contributed by atoms with van der Waals surface area (Å²) >= 11 is 0. The van der Waals surface area contributed by atoms with E-state index in [9.17, 15) is 4.79 Å². The Kier molecular flexibility index (Phi) is 3.07. The summed E-state index contributed by atoms with van der Waals surface area (Å²) in [7, 11) is 1.46. The summed E-state index contributed by atoms with van der Waals surface area (Å²) in [5, 5.41) is 5.63. The lowest BCUT2D eigenvalue weighted by Gasteiger charge is -2.25. The summed E-state index contributed by atoms with van der Waals surface area (Å²) in [5.74, 6) is -0.242. The first-order valence-corrected chi connectivity index (χ1v) is 8.75. The van der Waals surface area contributed by atoms with Gasteiger partial charge >= 0.3 is 5.97 Å². The number of ether oxygens (including phenoxy) is 1. The Balaban J connectivity index is 2.00. The van der Waals surface area contributed by atoms with Gasteiger partial charge in [-0.1, -0.05) is 24.3 Å². The van der Waals surface area contributed by atoms with Crippen molar-refractivity contribution in [2.24, 2.45) is 0 Å². The van der Waals surface area contributed by atoms with Gasteiger partial charge in [0.2, 0.25) is 5.69 Å². The SMILES string of the molecule is COC(=O)c1c2[n+](c3c4c(cccc14)Nc1ccccc1-3)CCCC2. The molecule has 0 aliphatic carbocycles. The highest BCUT2D eigenvalue weighted by Crippen LogP contribution is 2.43. The van der Waals surface area contributed by atoms with Gasteiger partial charge in [0.1, 0.15) is 12.1 Å². The summed E-state index contributed by atoms with van der Waals surface area (Å²) < 4.78 is 7.49. The fourth-order valence-electron chi connectivity index (χ4n) is 4.30. The molecule has 2 aliphatic rings. The molecular formula is C21H19N2O2+. The Hall–Kier alpha value is -2.88. The van der Waals surface area contributed by atoms with Crippen LogP contribution in [0.3, 0.4) is 0 Å². The van der Waals surface area contributed by atoms with Crippen molar-refractivity contribution in [2.75, 3.05) is 12.4 Å². The Bertz CT molecular complexity index is 1040. The molecule has 3 aromatic rings. The fraction of sp³-hybridized carbons (Fsp3) is 0.238. The quantitative estimate of drug-likeness (QED) is 0.424. The molecular weight excluding hydrogens is 312 g/mol. The van der Waals surface area contributed by atoms with Gasteiger partial charge in [-0.2, -0.15) is 4.57 Å². The Morgan fingerprint density at radius 3 is 2.80 bits per heavy atom. The minimum atomic E-state index is -0.242. The van der Waals surface area contributed by atoms with Gasteiger partial charge in [-0.25, -0.2) is 4.79 Å². The maximum absolute atomic E-state index is 12.6. The first-order valence-electron chi connectivity index (χ1n) is 8.75. The molecule has 0 spiro atoms. The van der Waals surface area contributed by atoms with E-state index in [1.165, 1.54) is 18.4 Å². The van der Waals surface area contributed by atoms with Crippen LogP contribution in [-0.2, 0) is 17.7 Å². The lowest BCUT2D eigenvalue weighted by atomic mass is 9.90. The highest BCUT2D eigenvalue weighted by atomic mass is 16.5. The second-order valence-corrected chi connectivity index (χ2v) is 6.67. The van der Waals surface area contributed by atoms with E-state index in [-0.39, 0.29) is 5.97 Å². The topological polar surface area (TPSA) is 42.2 Å². The van der Waals surface area contributed by atoms with E-state index in [4.69, 9.17) is 4.74 Å². The number of rotatable bonds is 1. The molecule has 2 aliphatic heterocycles. The number of fused-ring (bicyclic) bond motifs is 4. The van der Waals surface area contributed by atoms with Gasteiger partial charge < -0.3 is 10.1 Å². The maximum Gasteiger partial charge on any atom is 0.344 e. The molecule has 1 aromatic heterocycles.